The summed E-state index contributed by atoms with van der Waals surface area (Å²) in [5.41, 5.74) is 0.697. The number of carbonyl (C=O) groups excluding carboxylic acids is 1. The Morgan fingerprint density at radius 1 is 1.32 bits per heavy atom. The number of rotatable bonds is 7. The van der Waals surface area contributed by atoms with Crippen LogP contribution in [-0.2, 0) is 0 Å². The Bertz CT molecular complexity index is 419. The standard InChI is InChI=1S/C16H24ClNO/c1-5-12(3)11-18(6-2)13(4)16(19)14-8-7-9-15(17)10-14/h7-10,12-13H,5-6,11H2,1-4H3. The van der Waals surface area contributed by atoms with E-state index in [4.69, 9.17) is 11.6 Å². The third-order valence-electron chi connectivity index (χ3n) is 3.69. The number of hydrogen-bond acceptors (Lipinski definition) is 2. The van der Waals surface area contributed by atoms with Crippen molar-refractivity contribution in [2.75, 3.05) is 13.1 Å². The largest absolute Gasteiger partial charge is 0.294 e. The molecule has 2 atom stereocenters. The molecule has 2 unspecified atom stereocenters. The molecule has 0 fully saturated rings. The number of hydrogen-bond donors (Lipinski definition) is 0. The molecule has 19 heavy (non-hydrogen) atoms. The summed E-state index contributed by atoms with van der Waals surface area (Å²) < 4.78 is 0. The highest BCUT2D eigenvalue weighted by Crippen LogP contribution is 2.16. The second kappa shape index (κ2) is 7.66. The summed E-state index contributed by atoms with van der Waals surface area (Å²) in [5.74, 6) is 0.752. The van der Waals surface area contributed by atoms with E-state index in [-0.39, 0.29) is 11.8 Å². The Hall–Kier alpha value is -0.860. The zero-order chi connectivity index (χ0) is 14.4. The normalized spacial score (nSPS) is 14.4. The van der Waals surface area contributed by atoms with Crippen molar-refractivity contribution >= 4 is 17.4 Å². The summed E-state index contributed by atoms with van der Waals surface area (Å²) in [7, 11) is 0. The van der Waals surface area contributed by atoms with Crippen molar-refractivity contribution in [1.29, 1.82) is 0 Å². The van der Waals surface area contributed by atoms with Crippen molar-refractivity contribution in [3.63, 3.8) is 0 Å². The first-order valence-corrected chi connectivity index (χ1v) is 7.41. The Morgan fingerprint density at radius 3 is 2.53 bits per heavy atom. The van der Waals surface area contributed by atoms with Crippen LogP contribution >= 0.6 is 11.6 Å². The van der Waals surface area contributed by atoms with Crippen LogP contribution in [0.5, 0.6) is 0 Å². The minimum atomic E-state index is -0.0996. The van der Waals surface area contributed by atoms with Crippen LogP contribution in [0.4, 0.5) is 0 Å². The van der Waals surface area contributed by atoms with E-state index in [9.17, 15) is 4.79 Å². The predicted molar refractivity (Wildman–Crippen MR) is 81.9 cm³/mol. The van der Waals surface area contributed by atoms with Gasteiger partial charge in [-0.1, -0.05) is 50.9 Å². The van der Waals surface area contributed by atoms with E-state index in [1.165, 1.54) is 0 Å². The van der Waals surface area contributed by atoms with Gasteiger partial charge >= 0.3 is 0 Å². The van der Waals surface area contributed by atoms with Gasteiger partial charge in [0.25, 0.3) is 0 Å². The summed E-state index contributed by atoms with van der Waals surface area (Å²) in [6, 6.07) is 7.10. The van der Waals surface area contributed by atoms with Crippen LogP contribution in [-0.4, -0.2) is 29.8 Å². The Balaban J connectivity index is 2.79. The van der Waals surface area contributed by atoms with Crippen molar-refractivity contribution < 1.29 is 4.79 Å². The van der Waals surface area contributed by atoms with Crippen LogP contribution in [0.25, 0.3) is 0 Å². The molecule has 106 valence electrons. The number of likely N-dealkylation sites (N-methyl/N-ethyl adjacent to an activating group) is 1. The van der Waals surface area contributed by atoms with Gasteiger partial charge in [-0.25, -0.2) is 0 Å². The molecule has 0 aromatic heterocycles. The van der Waals surface area contributed by atoms with E-state index in [1.807, 2.05) is 19.1 Å². The maximum Gasteiger partial charge on any atom is 0.179 e. The molecule has 0 saturated carbocycles. The zero-order valence-corrected chi connectivity index (χ0v) is 13.1. The molecule has 0 radical (unpaired) electrons. The first-order valence-electron chi connectivity index (χ1n) is 7.03. The van der Waals surface area contributed by atoms with Gasteiger partial charge in [-0.3, -0.25) is 9.69 Å². The molecule has 3 heteroatoms. The SMILES string of the molecule is CCC(C)CN(CC)C(C)C(=O)c1cccc(Cl)c1. The van der Waals surface area contributed by atoms with Gasteiger partial charge < -0.3 is 0 Å². The molecule has 2 nitrogen and oxygen atoms in total. The van der Waals surface area contributed by atoms with E-state index in [1.54, 1.807) is 12.1 Å². The lowest BCUT2D eigenvalue weighted by molar-refractivity contribution is 0.0825. The molecule has 0 aliphatic rings. The van der Waals surface area contributed by atoms with Gasteiger partial charge in [0.15, 0.2) is 5.78 Å². The monoisotopic (exact) mass is 281 g/mol. The van der Waals surface area contributed by atoms with Gasteiger partial charge in [0.1, 0.15) is 0 Å². The van der Waals surface area contributed by atoms with Crippen molar-refractivity contribution in [2.45, 2.75) is 40.2 Å². The molecule has 0 N–H and O–H groups in total. The van der Waals surface area contributed by atoms with Crippen LogP contribution < -0.4 is 0 Å². The average molecular weight is 282 g/mol. The molecule has 1 rings (SSSR count). The third kappa shape index (κ3) is 4.63. The van der Waals surface area contributed by atoms with E-state index in [2.05, 4.69) is 25.7 Å². The Morgan fingerprint density at radius 2 is 2.00 bits per heavy atom. The van der Waals surface area contributed by atoms with Gasteiger partial charge in [-0.2, -0.15) is 0 Å². The number of halogens is 1. The summed E-state index contributed by atoms with van der Waals surface area (Å²) in [6.07, 6.45) is 1.13. The Kier molecular flexibility index (Phi) is 6.53. The number of Topliss-reactive ketones (excluding diaryl/α,β-unsaturated/α-hetero) is 1. The van der Waals surface area contributed by atoms with Gasteiger partial charge in [0.05, 0.1) is 6.04 Å². The van der Waals surface area contributed by atoms with Gasteiger partial charge in [0, 0.05) is 17.1 Å². The molecule has 0 heterocycles. The molecule has 0 aliphatic carbocycles. The maximum atomic E-state index is 12.5. The highest BCUT2D eigenvalue weighted by atomic mass is 35.5. The van der Waals surface area contributed by atoms with Crippen molar-refractivity contribution in [2.24, 2.45) is 5.92 Å². The highest BCUT2D eigenvalue weighted by Gasteiger charge is 2.22. The number of carbonyl (C=O) groups is 1. The lowest BCUT2D eigenvalue weighted by atomic mass is 10.0. The summed E-state index contributed by atoms with van der Waals surface area (Å²) in [4.78, 5) is 14.7. The summed E-state index contributed by atoms with van der Waals surface area (Å²) >= 11 is 5.95. The van der Waals surface area contributed by atoms with Crippen LogP contribution in [0.1, 0.15) is 44.5 Å². The maximum absolute atomic E-state index is 12.5. The molecular formula is C16H24ClNO. The summed E-state index contributed by atoms with van der Waals surface area (Å²) in [5, 5.41) is 0.614. The van der Waals surface area contributed by atoms with E-state index < -0.39 is 0 Å². The van der Waals surface area contributed by atoms with Crippen LogP contribution in [0, 0.1) is 5.92 Å². The smallest absolute Gasteiger partial charge is 0.179 e. The van der Waals surface area contributed by atoms with E-state index >= 15 is 0 Å². The van der Waals surface area contributed by atoms with Gasteiger partial charge in [-0.15, -0.1) is 0 Å². The van der Waals surface area contributed by atoms with Crippen molar-refractivity contribution in [1.82, 2.24) is 4.90 Å². The quantitative estimate of drug-likeness (QED) is 0.695. The second-order valence-electron chi connectivity index (χ2n) is 5.15. The molecular weight excluding hydrogens is 258 g/mol. The van der Waals surface area contributed by atoms with Crippen LogP contribution in [0.15, 0.2) is 24.3 Å². The van der Waals surface area contributed by atoms with Crippen LogP contribution in [0.2, 0.25) is 5.02 Å². The molecule has 1 aromatic rings. The van der Waals surface area contributed by atoms with Crippen molar-refractivity contribution in [3.8, 4) is 0 Å². The Labute approximate surface area is 121 Å². The lowest BCUT2D eigenvalue weighted by Gasteiger charge is -2.29. The van der Waals surface area contributed by atoms with Crippen molar-refractivity contribution in [3.05, 3.63) is 34.9 Å². The molecule has 0 aliphatic heterocycles. The number of benzene rings is 1. The zero-order valence-electron chi connectivity index (χ0n) is 12.3. The van der Waals surface area contributed by atoms with E-state index in [0.717, 1.165) is 19.5 Å². The first-order chi connectivity index (χ1) is 8.99. The fourth-order valence-electron chi connectivity index (χ4n) is 2.14. The minimum absolute atomic E-state index is 0.0996. The van der Waals surface area contributed by atoms with Crippen LogP contribution in [0.3, 0.4) is 0 Å². The average Bonchev–Trinajstić information content (AvgIpc) is 2.42. The predicted octanol–water partition coefficient (Wildman–Crippen LogP) is 4.28. The molecule has 0 saturated heterocycles. The van der Waals surface area contributed by atoms with E-state index in [0.29, 0.717) is 16.5 Å². The molecule has 0 bridgehead atoms. The fraction of sp³-hybridized carbons (Fsp3) is 0.562. The topological polar surface area (TPSA) is 20.3 Å². The summed E-state index contributed by atoms with van der Waals surface area (Å²) in [6.45, 7) is 10.3. The van der Waals surface area contributed by atoms with Gasteiger partial charge in [0.2, 0.25) is 0 Å². The number of nitrogens with zero attached hydrogens (tertiary/aromatic N) is 1. The molecule has 1 aromatic carbocycles. The highest BCUT2D eigenvalue weighted by molar-refractivity contribution is 6.31. The molecule has 0 amide bonds. The second-order valence-corrected chi connectivity index (χ2v) is 5.59. The fourth-order valence-corrected chi connectivity index (χ4v) is 2.33. The third-order valence-corrected chi connectivity index (χ3v) is 3.92. The minimum Gasteiger partial charge on any atom is -0.294 e. The lowest BCUT2D eigenvalue weighted by Crippen LogP contribution is -2.41. The van der Waals surface area contributed by atoms with Gasteiger partial charge in [-0.05, 0) is 31.5 Å². The number of ketones is 1. The molecule has 0 spiro atoms. The first kappa shape index (κ1) is 16.2.